The molecule has 1 atom stereocenters. The Labute approximate surface area is 87.5 Å². The van der Waals surface area contributed by atoms with E-state index in [2.05, 4.69) is 0 Å². The third-order valence-electron chi connectivity index (χ3n) is 2.51. The Morgan fingerprint density at radius 1 is 1.71 bits per heavy atom. The number of thiophene rings is 1. The van der Waals surface area contributed by atoms with Crippen LogP contribution < -0.4 is 5.73 Å². The Balaban J connectivity index is 1.90. The number of hydrogen-bond acceptors (Lipinski definition) is 3. The molecule has 0 unspecified atom stereocenters. The topological polar surface area (TPSA) is 46.3 Å². The Hall–Kier alpha value is -0.870. The molecule has 1 aliphatic rings. The summed E-state index contributed by atoms with van der Waals surface area (Å²) in [6.07, 6.45) is 1.46. The van der Waals surface area contributed by atoms with Gasteiger partial charge in [-0.1, -0.05) is 0 Å². The van der Waals surface area contributed by atoms with E-state index in [0.29, 0.717) is 6.42 Å². The number of nitrogens with two attached hydrogens (primary N) is 1. The summed E-state index contributed by atoms with van der Waals surface area (Å²) in [5, 5.41) is 4.02. The van der Waals surface area contributed by atoms with Crippen molar-refractivity contribution in [1.29, 1.82) is 0 Å². The maximum atomic E-state index is 11.7. The second kappa shape index (κ2) is 4.11. The van der Waals surface area contributed by atoms with Crippen LogP contribution >= 0.6 is 11.3 Å². The summed E-state index contributed by atoms with van der Waals surface area (Å²) in [5.74, 6) is 0.205. The van der Waals surface area contributed by atoms with Crippen LogP contribution in [0, 0.1) is 0 Å². The molecule has 0 radical (unpaired) electrons. The van der Waals surface area contributed by atoms with Crippen LogP contribution in [-0.4, -0.2) is 29.9 Å². The smallest absolute Gasteiger partial charge is 0.227 e. The fraction of sp³-hybridized carbons (Fsp3) is 0.500. The lowest BCUT2D eigenvalue weighted by molar-refractivity contribution is -0.129. The third-order valence-corrected chi connectivity index (χ3v) is 3.24. The summed E-state index contributed by atoms with van der Waals surface area (Å²) in [5.41, 5.74) is 6.86. The van der Waals surface area contributed by atoms with Gasteiger partial charge in [-0.15, -0.1) is 0 Å². The van der Waals surface area contributed by atoms with Gasteiger partial charge in [-0.3, -0.25) is 4.79 Å². The van der Waals surface area contributed by atoms with E-state index in [-0.39, 0.29) is 11.9 Å². The summed E-state index contributed by atoms with van der Waals surface area (Å²) in [4.78, 5) is 13.6. The third kappa shape index (κ3) is 2.13. The van der Waals surface area contributed by atoms with Crippen molar-refractivity contribution in [1.82, 2.24) is 4.90 Å². The first-order valence-corrected chi connectivity index (χ1v) is 5.74. The predicted octanol–water partition coefficient (Wildman–Crippen LogP) is 0.850. The molecule has 0 spiro atoms. The molecular formula is C10H14N2OS. The molecule has 2 N–H and O–H groups in total. The van der Waals surface area contributed by atoms with Crippen molar-refractivity contribution in [2.24, 2.45) is 5.73 Å². The van der Waals surface area contributed by atoms with Gasteiger partial charge in [0.2, 0.25) is 5.91 Å². The van der Waals surface area contributed by atoms with E-state index in [1.807, 2.05) is 21.7 Å². The van der Waals surface area contributed by atoms with E-state index < -0.39 is 0 Å². The van der Waals surface area contributed by atoms with Gasteiger partial charge in [-0.25, -0.2) is 0 Å². The van der Waals surface area contributed by atoms with Gasteiger partial charge in [0.1, 0.15) is 0 Å². The van der Waals surface area contributed by atoms with Gasteiger partial charge in [-0.2, -0.15) is 11.3 Å². The van der Waals surface area contributed by atoms with Gasteiger partial charge in [-0.05, 0) is 28.8 Å². The lowest BCUT2D eigenvalue weighted by atomic mass is 10.2. The lowest BCUT2D eigenvalue weighted by Gasteiger charge is -2.14. The van der Waals surface area contributed by atoms with Gasteiger partial charge in [0.05, 0.1) is 6.42 Å². The van der Waals surface area contributed by atoms with Crippen LogP contribution in [0.2, 0.25) is 0 Å². The zero-order valence-electron chi connectivity index (χ0n) is 7.98. The molecule has 76 valence electrons. The molecule has 0 aliphatic carbocycles. The van der Waals surface area contributed by atoms with Gasteiger partial charge in [0, 0.05) is 19.1 Å². The molecule has 1 aromatic heterocycles. The maximum absolute atomic E-state index is 11.7. The van der Waals surface area contributed by atoms with E-state index in [1.165, 1.54) is 0 Å². The first-order chi connectivity index (χ1) is 6.75. The molecule has 0 bridgehead atoms. The average Bonchev–Trinajstić information content (AvgIpc) is 2.75. The standard InChI is InChI=1S/C10H14N2OS/c11-9-1-3-12(6-9)10(13)5-8-2-4-14-7-8/h2,4,7,9H,1,3,5-6,11H2/t9-/m0/s1. The summed E-state index contributed by atoms with van der Waals surface area (Å²) in [7, 11) is 0. The number of likely N-dealkylation sites (tertiary alicyclic amines) is 1. The summed E-state index contributed by atoms with van der Waals surface area (Å²) < 4.78 is 0. The predicted molar refractivity (Wildman–Crippen MR) is 57.2 cm³/mol. The minimum atomic E-state index is 0.182. The maximum Gasteiger partial charge on any atom is 0.227 e. The highest BCUT2D eigenvalue weighted by molar-refractivity contribution is 7.07. The minimum Gasteiger partial charge on any atom is -0.341 e. The van der Waals surface area contributed by atoms with Crippen molar-refractivity contribution < 1.29 is 4.79 Å². The molecule has 14 heavy (non-hydrogen) atoms. The van der Waals surface area contributed by atoms with E-state index in [1.54, 1.807) is 11.3 Å². The van der Waals surface area contributed by atoms with Crippen LogP contribution in [-0.2, 0) is 11.2 Å². The number of rotatable bonds is 2. The molecule has 1 saturated heterocycles. The highest BCUT2D eigenvalue weighted by Crippen LogP contribution is 2.12. The van der Waals surface area contributed by atoms with Crippen LogP contribution in [0.4, 0.5) is 0 Å². The van der Waals surface area contributed by atoms with Crippen molar-refractivity contribution >= 4 is 17.2 Å². The molecule has 1 fully saturated rings. The molecule has 0 aromatic carbocycles. The minimum absolute atomic E-state index is 0.182. The lowest BCUT2D eigenvalue weighted by Crippen LogP contribution is -2.32. The van der Waals surface area contributed by atoms with Crippen LogP contribution in [0.25, 0.3) is 0 Å². The number of amides is 1. The number of carbonyl (C=O) groups is 1. The quantitative estimate of drug-likeness (QED) is 0.786. The van der Waals surface area contributed by atoms with Gasteiger partial charge in [0.15, 0.2) is 0 Å². The monoisotopic (exact) mass is 210 g/mol. The number of nitrogens with zero attached hydrogens (tertiary/aromatic N) is 1. The van der Waals surface area contributed by atoms with Crippen LogP contribution in [0.15, 0.2) is 16.8 Å². The van der Waals surface area contributed by atoms with E-state index in [9.17, 15) is 4.79 Å². The van der Waals surface area contributed by atoms with Crippen LogP contribution in [0.1, 0.15) is 12.0 Å². The zero-order chi connectivity index (χ0) is 9.97. The number of hydrogen-bond donors (Lipinski definition) is 1. The van der Waals surface area contributed by atoms with E-state index in [4.69, 9.17) is 5.73 Å². The molecule has 1 amide bonds. The zero-order valence-corrected chi connectivity index (χ0v) is 8.80. The Morgan fingerprint density at radius 3 is 3.14 bits per heavy atom. The van der Waals surface area contributed by atoms with Gasteiger partial charge >= 0.3 is 0 Å². The van der Waals surface area contributed by atoms with Crippen molar-refractivity contribution in [3.8, 4) is 0 Å². The van der Waals surface area contributed by atoms with Crippen LogP contribution in [0.3, 0.4) is 0 Å². The first-order valence-electron chi connectivity index (χ1n) is 4.80. The molecule has 1 aliphatic heterocycles. The second-order valence-corrected chi connectivity index (χ2v) is 4.48. The molecule has 3 nitrogen and oxygen atoms in total. The first kappa shape index (κ1) is 9.68. The van der Waals surface area contributed by atoms with Crippen molar-refractivity contribution in [3.63, 3.8) is 0 Å². The van der Waals surface area contributed by atoms with Crippen molar-refractivity contribution in [2.75, 3.05) is 13.1 Å². The molecule has 2 heterocycles. The van der Waals surface area contributed by atoms with E-state index >= 15 is 0 Å². The molecular weight excluding hydrogens is 196 g/mol. The molecule has 2 rings (SSSR count). The highest BCUT2D eigenvalue weighted by Gasteiger charge is 2.23. The normalized spacial score (nSPS) is 21.5. The fourth-order valence-corrected chi connectivity index (χ4v) is 2.36. The molecule has 0 saturated carbocycles. The van der Waals surface area contributed by atoms with E-state index in [0.717, 1.165) is 25.1 Å². The highest BCUT2D eigenvalue weighted by atomic mass is 32.1. The average molecular weight is 210 g/mol. The molecule has 1 aromatic rings. The molecule has 4 heteroatoms. The second-order valence-electron chi connectivity index (χ2n) is 3.70. The van der Waals surface area contributed by atoms with Crippen molar-refractivity contribution in [3.05, 3.63) is 22.4 Å². The van der Waals surface area contributed by atoms with Gasteiger partial charge in [0.25, 0.3) is 0 Å². The van der Waals surface area contributed by atoms with Gasteiger partial charge < -0.3 is 10.6 Å². The Bertz CT molecular complexity index is 310. The number of carbonyl (C=O) groups excluding carboxylic acids is 1. The van der Waals surface area contributed by atoms with Crippen LogP contribution in [0.5, 0.6) is 0 Å². The Morgan fingerprint density at radius 2 is 2.57 bits per heavy atom. The fourth-order valence-electron chi connectivity index (χ4n) is 1.69. The van der Waals surface area contributed by atoms with Crippen molar-refractivity contribution in [2.45, 2.75) is 18.9 Å². The SMILES string of the molecule is N[C@H]1CCN(C(=O)Cc2ccsc2)C1. The summed E-state index contributed by atoms with van der Waals surface area (Å²) >= 11 is 1.63. The summed E-state index contributed by atoms with van der Waals surface area (Å²) in [6.45, 7) is 1.55. The Kier molecular flexibility index (Phi) is 2.84. The summed E-state index contributed by atoms with van der Waals surface area (Å²) in [6, 6.07) is 2.18. The largest absolute Gasteiger partial charge is 0.341 e.